The molecule has 128 valence electrons. The topological polar surface area (TPSA) is 75.3 Å². The highest BCUT2D eigenvalue weighted by Gasteiger charge is 2.06. The number of nitrogens with one attached hydrogen (secondary N) is 3. The van der Waals surface area contributed by atoms with E-state index in [-0.39, 0.29) is 6.03 Å². The second-order valence-corrected chi connectivity index (χ2v) is 6.33. The summed E-state index contributed by atoms with van der Waals surface area (Å²) in [5.41, 5.74) is 7.94. The number of benzene rings is 2. The van der Waals surface area contributed by atoms with E-state index in [2.05, 4.69) is 37.1 Å². The number of urea groups is 1. The van der Waals surface area contributed by atoms with Crippen LogP contribution in [0.5, 0.6) is 5.75 Å². The van der Waals surface area contributed by atoms with E-state index >= 15 is 0 Å². The monoisotopic (exact) mass is 400 g/mol. The number of pyridine rings is 1. The van der Waals surface area contributed by atoms with Gasteiger partial charge in [0.05, 0.1) is 12.6 Å². The van der Waals surface area contributed by atoms with E-state index in [1.165, 1.54) is 0 Å². The number of hydrogen-bond donors (Lipinski definition) is 3. The van der Waals surface area contributed by atoms with Crippen LogP contribution in [0.4, 0.5) is 16.3 Å². The highest BCUT2D eigenvalue weighted by atomic mass is 79.9. The molecule has 25 heavy (non-hydrogen) atoms. The molecule has 3 rings (SSSR count). The van der Waals surface area contributed by atoms with Crippen LogP contribution in [-0.4, -0.2) is 18.1 Å². The molecule has 0 aliphatic carbocycles. The van der Waals surface area contributed by atoms with Crippen LogP contribution in [0.15, 0.2) is 53.0 Å². The first-order chi connectivity index (χ1) is 12.0. The molecule has 0 unspecified atom stereocenters. The molecule has 0 aliphatic heterocycles. The Morgan fingerprint density at radius 2 is 1.88 bits per heavy atom. The highest BCUT2D eigenvalue weighted by Crippen LogP contribution is 2.24. The second kappa shape index (κ2) is 7.40. The first kappa shape index (κ1) is 17.0. The molecule has 0 spiro atoms. The van der Waals surface area contributed by atoms with E-state index in [1.54, 1.807) is 19.2 Å². The number of carbonyl (C=O) groups is 1. The first-order valence-electron chi connectivity index (χ1n) is 7.59. The average molecular weight is 401 g/mol. The maximum absolute atomic E-state index is 12.0. The third-order valence-electron chi connectivity index (χ3n) is 3.63. The molecule has 1 aromatic heterocycles. The van der Waals surface area contributed by atoms with Gasteiger partial charge in [-0.25, -0.2) is 9.78 Å². The van der Waals surface area contributed by atoms with Crippen LogP contribution in [0, 0.1) is 6.92 Å². The van der Waals surface area contributed by atoms with Crippen molar-refractivity contribution >= 4 is 44.4 Å². The molecular weight excluding hydrogens is 384 g/mol. The van der Waals surface area contributed by atoms with Crippen molar-refractivity contribution in [3.8, 4) is 5.75 Å². The average Bonchev–Trinajstić information content (AvgIpc) is 2.62. The van der Waals surface area contributed by atoms with Gasteiger partial charge in [0, 0.05) is 15.5 Å². The number of halogens is 1. The predicted molar refractivity (Wildman–Crippen MR) is 103 cm³/mol. The third-order valence-corrected chi connectivity index (χ3v) is 4.16. The number of methoxy groups -OCH3 is 1. The van der Waals surface area contributed by atoms with Crippen LogP contribution in [0.3, 0.4) is 0 Å². The normalized spacial score (nSPS) is 10.4. The van der Waals surface area contributed by atoms with Crippen molar-refractivity contribution in [2.24, 2.45) is 0 Å². The van der Waals surface area contributed by atoms with Crippen LogP contribution >= 0.6 is 15.9 Å². The summed E-state index contributed by atoms with van der Waals surface area (Å²) >= 11 is 3.35. The molecule has 1 heterocycles. The number of hydrazine groups is 1. The number of anilines is 2. The van der Waals surface area contributed by atoms with Crippen molar-refractivity contribution in [2.45, 2.75) is 6.92 Å². The van der Waals surface area contributed by atoms with Crippen molar-refractivity contribution in [2.75, 3.05) is 17.9 Å². The zero-order valence-corrected chi connectivity index (χ0v) is 15.3. The Morgan fingerprint density at radius 3 is 2.60 bits per heavy atom. The Kier molecular flexibility index (Phi) is 5.04. The van der Waals surface area contributed by atoms with Gasteiger partial charge in [0.2, 0.25) is 0 Å². The summed E-state index contributed by atoms with van der Waals surface area (Å²) in [6.45, 7) is 1.98. The van der Waals surface area contributed by atoms with Crippen LogP contribution in [-0.2, 0) is 0 Å². The van der Waals surface area contributed by atoms with Gasteiger partial charge in [0.25, 0.3) is 0 Å². The molecule has 2 amide bonds. The minimum Gasteiger partial charge on any atom is -0.497 e. The summed E-state index contributed by atoms with van der Waals surface area (Å²) in [5.74, 6) is 1.34. The Balaban J connectivity index is 1.68. The van der Waals surface area contributed by atoms with Crippen molar-refractivity contribution in [1.82, 2.24) is 10.4 Å². The van der Waals surface area contributed by atoms with Gasteiger partial charge in [-0.2, -0.15) is 0 Å². The van der Waals surface area contributed by atoms with Crippen molar-refractivity contribution < 1.29 is 9.53 Å². The molecule has 6 nitrogen and oxygen atoms in total. The lowest BCUT2D eigenvalue weighted by molar-refractivity contribution is 0.254. The highest BCUT2D eigenvalue weighted by molar-refractivity contribution is 9.10. The van der Waals surface area contributed by atoms with E-state index in [0.717, 1.165) is 26.7 Å². The lowest BCUT2D eigenvalue weighted by Gasteiger charge is -2.12. The largest absolute Gasteiger partial charge is 0.497 e. The summed E-state index contributed by atoms with van der Waals surface area (Å²) in [7, 11) is 1.63. The van der Waals surface area contributed by atoms with E-state index in [0.29, 0.717) is 11.5 Å². The van der Waals surface area contributed by atoms with Gasteiger partial charge in [-0.1, -0.05) is 15.9 Å². The smallest absolute Gasteiger partial charge is 0.337 e. The number of fused-ring (bicyclic) bond motifs is 1. The Hall–Kier alpha value is -2.80. The molecule has 0 bridgehead atoms. The zero-order valence-electron chi connectivity index (χ0n) is 13.8. The van der Waals surface area contributed by atoms with Crippen LogP contribution in [0.1, 0.15) is 5.56 Å². The molecule has 0 aliphatic rings. The molecule has 0 saturated carbocycles. The summed E-state index contributed by atoms with van der Waals surface area (Å²) in [6.07, 6.45) is 0. The summed E-state index contributed by atoms with van der Waals surface area (Å²) in [4.78, 5) is 16.4. The zero-order chi connectivity index (χ0) is 17.8. The molecule has 0 atom stereocenters. The Morgan fingerprint density at radius 1 is 1.12 bits per heavy atom. The van der Waals surface area contributed by atoms with Crippen LogP contribution < -0.4 is 20.9 Å². The molecule has 3 aromatic rings. The number of aromatic nitrogens is 1. The van der Waals surface area contributed by atoms with E-state index in [9.17, 15) is 4.79 Å². The number of nitrogens with zero attached hydrogens (tertiary/aromatic N) is 1. The molecule has 0 radical (unpaired) electrons. The minimum atomic E-state index is -0.378. The number of carbonyl (C=O) groups excluding carboxylic acids is 1. The third kappa shape index (κ3) is 4.19. The van der Waals surface area contributed by atoms with Crippen molar-refractivity contribution in [3.05, 3.63) is 58.6 Å². The van der Waals surface area contributed by atoms with E-state index in [4.69, 9.17) is 4.74 Å². The van der Waals surface area contributed by atoms with Gasteiger partial charge >= 0.3 is 6.03 Å². The fraction of sp³-hybridized carbons (Fsp3) is 0.111. The number of aryl methyl sites for hydroxylation is 1. The maximum Gasteiger partial charge on any atom is 0.337 e. The molecule has 2 aromatic carbocycles. The van der Waals surface area contributed by atoms with Gasteiger partial charge in [-0.15, -0.1) is 0 Å². The number of ether oxygens (including phenoxy) is 1. The molecule has 3 N–H and O–H groups in total. The standard InChI is InChI=1S/C18H17BrN4O2/c1-11-9-17(21-16-8-7-14(25-2)10-15(11)16)22-23-18(24)20-13-5-3-12(19)4-6-13/h3-10H,1-2H3,(H,21,22)(H2,20,23,24). The van der Waals surface area contributed by atoms with Crippen molar-refractivity contribution in [1.29, 1.82) is 0 Å². The van der Waals surface area contributed by atoms with Gasteiger partial charge in [-0.05, 0) is 61.0 Å². The Bertz CT molecular complexity index is 913. The SMILES string of the molecule is COc1ccc2nc(NNC(=O)Nc3ccc(Br)cc3)cc(C)c2c1. The number of amides is 2. The van der Waals surface area contributed by atoms with Crippen molar-refractivity contribution in [3.63, 3.8) is 0 Å². The van der Waals surface area contributed by atoms with Crippen LogP contribution in [0.25, 0.3) is 10.9 Å². The summed E-state index contributed by atoms with van der Waals surface area (Å²) in [5, 5.41) is 3.73. The van der Waals surface area contributed by atoms with Gasteiger partial charge in [0.1, 0.15) is 11.6 Å². The first-order valence-corrected chi connectivity index (χ1v) is 8.38. The number of rotatable bonds is 4. The lowest BCUT2D eigenvalue weighted by Crippen LogP contribution is -2.33. The van der Waals surface area contributed by atoms with Crippen LogP contribution in [0.2, 0.25) is 0 Å². The summed E-state index contributed by atoms with van der Waals surface area (Å²) < 4.78 is 6.19. The Labute approximate surface area is 153 Å². The minimum absolute atomic E-state index is 0.378. The predicted octanol–water partition coefficient (Wildman–Crippen LogP) is 4.46. The quantitative estimate of drug-likeness (QED) is 0.565. The van der Waals surface area contributed by atoms with E-state index < -0.39 is 0 Å². The maximum atomic E-state index is 12.0. The van der Waals surface area contributed by atoms with Gasteiger partial charge in [-0.3, -0.25) is 10.9 Å². The number of hydrogen-bond acceptors (Lipinski definition) is 4. The lowest BCUT2D eigenvalue weighted by atomic mass is 10.1. The molecular formula is C18H17BrN4O2. The molecule has 0 saturated heterocycles. The van der Waals surface area contributed by atoms with Gasteiger partial charge in [0.15, 0.2) is 0 Å². The van der Waals surface area contributed by atoms with E-state index in [1.807, 2.05) is 43.3 Å². The summed E-state index contributed by atoms with van der Waals surface area (Å²) in [6, 6.07) is 14.5. The fourth-order valence-electron chi connectivity index (χ4n) is 2.38. The molecule has 7 heteroatoms. The fourth-order valence-corrected chi connectivity index (χ4v) is 2.65. The second-order valence-electron chi connectivity index (χ2n) is 5.42. The molecule has 0 fully saturated rings. The van der Waals surface area contributed by atoms with Gasteiger partial charge < -0.3 is 10.1 Å².